The van der Waals surface area contributed by atoms with Gasteiger partial charge in [0.15, 0.2) is 0 Å². The molecule has 14 heavy (non-hydrogen) atoms. The number of nitrogens with zero attached hydrogens (tertiary/aromatic N) is 1. The van der Waals surface area contributed by atoms with Gasteiger partial charge in [-0.3, -0.25) is 0 Å². The SMILES string of the molecule is C=C1c2ccccc2CN1C(C)(C)C. The first-order valence-electron chi connectivity index (χ1n) is 5.05. The number of fused-ring (bicyclic) bond motifs is 1. The number of hydrogen-bond donors (Lipinski definition) is 0. The second-order valence-corrected chi connectivity index (χ2v) is 4.86. The summed E-state index contributed by atoms with van der Waals surface area (Å²) in [6.07, 6.45) is 0. The van der Waals surface area contributed by atoms with Crippen LogP contribution in [0.2, 0.25) is 0 Å². The predicted molar refractivity (Wildman–Crippen MR) is 60.8 cm³/mol. The molecule has 0 unspecified atom stereocenters. The molecule has 0 spiro atoms. The lowest BCUT2D eigenvalue weighted by Crippen LogP contribution is -2.35. The average molecular weight is 187 g/mol. The second-order valence-electron chi connectivity index (χ2n) is 4.86. The van der Waals surface area contributed by atoms with E-state index in [0.717, 1.165) is 12.2 Å². The fourth-order valence-electron chi connectivity index (χ4n) is 1.99. The van der Waals surface area contributed by atoms with Crippen LogP contribution in [0, 0.1) is 0 Å². The van der Waals surface area contributed by atoms with Crippen molar-refractivity contribution in [2.45, 2.75) is 32.9 Å². The van der Waals surface area contributed by atoms with Crippen LogP contribution in [0.4, 0.5) is 0 Å². The minimum Gasteiger partial charge on any atom is -0.362 e. The zero-order valence-electron chi connectivity index (χ0n) is 9.17. The topological polar surface area (TPSA) is 3.24 Å². The number of rotatable bonds is 0. The lowest BCUT2D eigenvalue weighted by atomic mass is 10.1. The molecular weight excluding hydrogens is 170 g/mol. The molecule has 1 aromatic rings. The Morgan fingerprint density at radius 3 is 2.43 bits per heavy atom. The first kappa shape index (κ1) is 9.32. The third kappa shape index (κ3) is 1.33. The standard InChI is InChI=1S/C13H17N/c1-10-12-8-6-5-7-11(12)9-14(10)13(2,3)4/h5-8H,1,9H2,2-4H3. The van der Waals surface area contributed by atoms with E-state index in [2.05, 4.69) is 56.5 Å². The summed E-state index contributed by atoms with van der Waals surface area (Å²) in [5.41, 5.74) is 4.03. The van der Waals surface area contributed by atoms with Gasteiger partial charge in [-0.2, -0.15) is 0 Å². The summed E-state index contributed by atoms with van der Waals surface area (Å²) in [5.74, 6) is 0. The van der Waals surface area contributed by atoms with Gasteiger partial charge in [0.2, 0.25) is 0 Å². The smallest absolute Gasteiger partial charge is 0.0441 e. The molecular formula is C13H17N. The lowest BCUT2D eigenvalue weighted by Gasteiger charge is -2.34. The molecule has 0 bridgehead atoms. The second kappa shape index (κ2) is 2.88. The van der Waals surface area contributed by atoms with Gasteiger partial charge in [0.05, 0.1) is 0 Å². The van der Waals surface area contributed by atoms with Gasteiger partial charge in [-0.25, -0.2) is 0 Å². The Morgan fingerprint density at radius 1 is 1.21 bits per heavy atom. The molecule has 1 aromatic carbocycles. The van der Waals surface area contributed by atoms with Gasteiger partial charge in [-0.1, -0.05) is 30.8 Å². The van der Waals surface area contributed by atoms with E-state index in [1.165, 1.54) is 11.1 Å². The molecule has 0 amide bonds. The van der Waals surface area contributed by atoms with E-state index in [4.69, 9.17) is 0 Å². The van der Waals surface area contributed by atoms with Crippen molar-refractivity contribution in [3.63, 3.8) is 0 Å². The van der Waals surface area contributed by atoms with Crippen molar-refractivity contribution in [1.82, 2.24) is 4.90 Å². The van der Waals surface area contributed by atoms with Crippen LogP contribution in [0.25, 0.3) is 5.70 Å². The first-order chi connectivity index (χ1) is 6.50. The summed E-state index contributed by atoms with van der Waals surface area (Å²) < 4.78 is 0. The highest BCUT2D eigenvalue weighted by molar-refractivity contribution is 5.69. The highest BCUT2D eigenvalue weighted by Gasteiger charge is 2.29. The molecule has 1 heterocycles. The Hall–Kier alpha value is -1.24. The van der Waals surface area contributed by atoms with Crippen LogP contribution in [0.15, 0.2) is 30.8 Å². The average Bonchev–Trinajstić information content (AvgIpc) is 2.44. The van der Waals surface area contributed by atoms with Gasteiger partial charge in [-0.05, 0) is 26.3 Å². The maximum Gasteiger partial charge on any atom is 0.0441 e. The molecule has 1 aliphatic heterocycles. The van der Waals surface area contributed by atoms with E-state index < -0.39 is 0 Å². The summed E-state index contributed by atoms with van der Waals surface area (Å²) in [4.78, 5) is 2.36. The summed E-state index contributed by atoms with van der Waals surface area (Å²) in [7, 11) is 0. The Kier molecular flexibility index (Phi) is 1.91. The maximum absolute atomic E-state index is 4.17. The highest BCUT2D eigenvalue weighted by Crippen LogP contribution is 2.36. The largest absolute Gasteiger partial charge is 0.362 e. The Morgan fingerprint density at radius 2 is 1.86 bits per heavy atom. The third-order valence-corrected chi connectivity index (χ3v) is 2.79. The van der Waals surface area contributed by atoms with E-state index in [1.807, 2.05) is 0 Å². The molecule has 0 N–H and O–H groups in total. The van der Waals surface area contributed by atoms with Gasteiger partial charge in [0, 0.05) is 23.3 Å². The molecule has 0 atom stereocenters. The quantitative estimate of drug-likeness (QED) is 0.602. The van der Waals surface area contributed by atoms with Crippen LogP contribution in [-0.4, -0.2) is 10.4 Å². The fourth-order valence-corrected chi connectivity index (χ4v) is 1.99. The van der Waals surface area contributed by atoms with Crippen molar-refractivity contribution >= 4 is 5.70 Å². The summed E-state index contributed by atoms with van der Waals surface area (Å²) in [6.45, 7) is 11.8. The van der Waals surface area contributed by atoms with Crippen molar-refractivity contribution in [2.24, 2.45) is 0 Å². The van der Waals surface area contributed by atoms with Crippen LogP contribution < -0.4 is 0 Å². The van der Waals surface area contributed by atoms with Crippen molar-refractivity contribution in [3.05, 3.63) is 42.0 Å². The van der Waals surface area contributed by atoms with E-state index in [0.29, 0.717) is 0 Å². The highest BCUT2D eigenvalue weighted by atomic mass is 15.2. The first-order valence-corrected chi connectivity index (χ1v) is 5.05. The molecule has 0 saturated carbocycles. The molecule has 0 fully saturated rings. The van der Waals surface area contributed by atoms with E-state index in [-0.39, 0.29) is 5.54 Å². The Bertz CT molecular complexity index is 371. The predicted octanol–water partition coefficient (Wildman–Crippen LogP) is 3.27. The van der Waals surface area contributed by atoms with Crippen molar-refractivity contribution in [3.8, 4) is 0 Å². The Balaban J connectivity index is 2.40. The molecule has 0 saturated heterocycles. The minimum absolute atomic E-state index is 0.163. The van der Waals surface area contributed by atoms with Gasteiger partial charge in [-0.15, -0.1) is 0 Å². The van der Waals surface area contributed by atoms with Gasteiger partial charge in [0.1, 0.15) is 0 Å². The summed E-state index contributed by atoms with van der Waals surface area (Å²) >= 11 is 0. The van der Waals surface area contributed by atoms with Gasteiger partial charge in [0.25, 0.3) is 0 Å². The number of hydrogen-bond acceptors (Lipinski definition) is 1. The van der Waals surface area contributed by atoms with E-state index in [9.17, 15) is 0 Å². The third-order valence-electron chi connectivity index (χ3n) is 2.79. The van der Waals surface area contributed by atoms with E-state index >= 15 is 0 Å². The number of benzene rings is 1. The van der Waals surface area contributed by atoms with Crippen molar-refractivity contribution < 1.29 is 0 Å². The fraction of sp³-hybridized carbons (Fsp3) is 0.385. The van der Waals surface area contributed by atoms with Crippen LogP contribution in [0.1, 0.15) is 31.9 Å². The Labute approximate surface area is 86.1 Å². The molecule has 0 aliphatic carbocycles. The molecule has 2 rings (SSSR count). The van der Waals surface area contributed by atoms with Gasteiger partial charge < -0.3 is 4.90 Å². The molecule has 1 heteroatoms. The molecule has 1 aliphatic rings. The maximum atomic E-state index is 4.17. The minimum atomic E-state index is 0.163. The van der Waals surface area contributed by atoms with Crippen LogP contribution in [0.5, 0.6) is 0 Å². The van der Waals surface area contributed by atoms with Crippen LogP contribution >= 0.6 is 0 Å². The molecule has 0 aromatic heterocycles. The molecule has 0 radical (unpaired) electrons. The zero-order chi connectivity index (χ0) is 10.3. The zero-order valence-corrected chi connectivity index (χ0v) is 9.17. The van der Waals surface area contributed by atoms with E-state index in [1.54, 1.807) is 0 Å². The summed E-state index contributed by atoms with van der Waals surface area (Å²) in [6, 6.07) is 8.52. The van der Waals surface area contributed by atoms with Gasteiger partial charge >= 0.3 is 0 Å². The van der Waals surface area contributed by atoms with Crippen LogP contribution in [-0.2, 0) is 6.54 Å². The molecule has 1 nitrogen and oxygen atoms in total. The normalized spacial score (nSPS) is 15.9. The monoisotopic (exact) mass is 187 g/mol. The lowest BCUT2D eigenvalue weighted by molar-refractivity contribution is 0.225. The summed E-state index contributed by atoms with van der Waals surface area (Å²) in [5, 5.41) is 0. The van der Waals surface area contributed by atoms with Crippen molar-refractivity contribution in [2.75, 3.05) is 0 Å². The molecule has 74 valence electrons. The van der Waals surface area contributed by atoms with Crippen molar-refractivity contribution in [1.29, 1.82) is 0 Å². The van der Waals surface area contributed by atoms with Crippen LogP contribution in [0.3, 0.4) is 0 Å².